The zero-order valence-corrected chi connectivity index (χ0v) is 18.9. The van der Waals surface area contributed by atoms with Crippen LogP contribution in [-0.2, 0) is 6.42 Å². The molecule has 2 aromatic heterocycles. The summed E-state index contributed by atoms with van der Waals surface area (Å²) in [6.45, 7) is -1.45. The number of hydrogen-bond donors (Lipinski definition) is 3. The summed E-state index contributed by atoms with van der Waals surface area (Å²) in [6, 6.07) is 15.0. The zero-order chi connectivity index (χ0) is 25.0. The normalized spacial score (nSPS) is 12.4. The molecule has 1 atom stereocenters. The minimum atomic E-state index is -3.60. The van der Waals surface area contributed by atoms with Crippen LogP contribution in [-0.4, -0.2) is 44.8 Å². The minimum absolute atomic E-state index is 0.0339. The van der Waals surface area contributed by atoms with Gasteiger partial charge in [-0.25, -0.2) is 13.2 Å². The standard InChI is InChI=1S/C25H20ClF3N4O2/c26-19-6-3-5-18(23(19)21-13-20(32-33-21)15-7-9-16(27)10-8-15)24(35)31-22(25(28,29)14-34)12-17-4-1-2-11-30-17/h1-11,13,22,34H,12,14H2,(H,31,35)(H,32,33)/t22-/m1/s1. The molecular formula is C25H20ClF3N4O2. The van der Waals surface area contributed by atoms with E-state index in [0.717, 1.165) is 0 Å². The number of aromatic nitrogens is 3. The summed E-state index contributed by atoms with van der Waals surface area (Å²) < 4.78 is 42.3. The molecule has 6 nitrogen and oxygen atoms in total. The number of aliphatic hydroxyl groups excluding tert-OH is 1. The number of benzene rings is 2. The molecule has 2 aromatic carbocycles. The number of nitrogens with one attached hydrogen (secondary N) is 2. The maximum atomic E-state index is 14.5. The van der Waals surface area contributed by atoms with Crippen LogP contribution in [0.5, 0.6) is 0 Å². The second-order valence-electron chi connectivity index (χ2n) is 7.81. The van der Waals surface area contributed by atoms with Gasteiger partial charge in [0.2, 0.25) is 0 Å². The summed E-state index contributed by atoms with van der Waals surface area (Å²) in [5.74, 6) is -4.81. The lowest BCUT2D eigenvalue weighted by molar-refractivity contribution is -0.0771. The quantitative estimate of drug-likeness (QED) is 0.321. The molecule has 0 radical (unpaired) electrons. The molecule has 10 heteroatoms. The Labute approximate surface area is 203 Å². The average Bonchev–Trinajstić information content (AvgIpc) is 3.34. The van der Waals surface area contributed by atoms with Gasteiger partial charge in [-0.1, -0.05) is 23.7 Å². The first-order valence-corrected chi connectivity index (χ1v) is 11.0. The molecule has 0 unspecified atom stereocenters. The monoisotopic (exact) mass is 500 g/mol. The highest BCUT2D eigenvalue weighted by Gasteiger charge is 2.40. The van der Waals surface area contributed by atoms with Crippen LogP contribution < -0.4 is 5.32 Å². The minimum Gasteiger partial charge on any atom is -0.390 e. The van der Waals surface area contributed by atoms with Gasteiger partial charge in [0.1, 0.15) is 18.5 Å². The van der Waals surface area contributed by atoms with Crippen LogP contribution in [0.1, 0.15) is 16.1 Å². The van der Waals surface area contributed by atoms with Crippen molar-refractivity contribution < 1.29 is 23.1 Å². The number of halogens is 4. The van der Waals surface area contributed by atoms with Gasteiger partial charge < -0.3 is 10.4 Å². The summed E-state index contributed by atoms with van der Waals surface area (Å²) in [5, 5.41) is 18.8. The van der Waals surface area contributed by atoms with E-state index in [1.807, 2.05) is 0 Å². The first kappa shape index (κ1) is 24.4. The van der Waals surface area contributed by atoms with Crippen molar-refractivity contribution in [1.82, 2.24) is 20.5 Å². The SMILES string of the molecule is O=C(N[C@H](Cc1ccccn1)C(F)(F)CO)c1cccc(Cl)c1-c1cc(-c2ccc(F)cc2)n[nH]1. The summed E-state index contributed by atoms with van der Waals surface area (Å²) in [5.41, 5.74) is 2.10. The highest BCUT2D eigenvalue weighted by molar-refractivity contribution is 6.34. The fraction of sp³-hybridized carbons (Fsp3) is 0.160. The van der Waals surface area contributed by atoms with Gasteiger partial charge in [-0.05, 0) is 54.6 Å². The lowest BCUT2D eigenvalue weighted by Gasteiger charge is -2.26. The third-order valence-electron chi connectivity index (χ3n) is 5.41. The Hall–Kier alpha value is -3.69. The van der Waals surface area contributed by atoms with Crippen LogP contribution in [0.25, 0.3) is 22.5 Å². The van der Waals surface area contributed by atoms with Crippen LogP contribution in [0.4, 0.5) is 13.2 Å². The van der Waals surface area contributed by atoms with E-state index < -0.39 is 30.3 Å². The number of aromatic amines is 1. The second kappa shape index (κ2) is 10.3. The van der Waals surface area contributed by atoms with Crippen LogP contribution in [0, 0.1) is 5.82 Å². The highest BCUT2D eigenvalue weighted by atomic mass is 35.5. The average molecular weight is 501 g/mol. The Morgan fingerprint density at radius 1 is 1.11 bits per heavy atom. The molecule has 0 fully saturated rings. The highest BCUT2D eigenvalue weighted by Crippen LogP contribution is 2.33. The molecule has 0 saturated heterocycles. The molecule has 0 aliphatic rings. The number of amides is 1. The maximum absolute atomic E-state index is 14.5. The number of nitrogens with zero attached hydrogens (tertiary/aromatic N) is 2. The Morgan fingerprint density at radius 3 is 2.57 bits per heavy atom. The number of carbonyl (C=O) groups is 1. The van der Waals surface area contributed by atoms with Gasteiger partial charge in [-0.2, -0.15) is 5.10 Å². The predicted octanol–water partition coefficient (Wildman–Crippen LogP) is 4.90. The Kier molecular flexibility index (Phi) is 7.18. The summed E-state index contributed by atoms with van der Waals surface area (Å²) in [6.07, 6.45) is 1.16. The van der Waals surface area contributed by atoms with E-state index in [1.54, 1.807) is 42.5 Å². The van der Waals surface area contributed by atoms with Crippen molar-refractivity contribution in [2.75, 3.05) is 6.61 Å². The van der Waals surface area contributed by atoms with Crippen LogP contribution in [0.2, 0.25) is 5.02 Å². The van der Waals surface area contributed by atoms with Crippen molar-refractivity contribution >= 4 is 17.5 Å². The van der Waals surface area contributed by atoms with Gasteiger partial charge in [0, 0.05) is 29.4 Å². The van der Waals surface area contributed by atoms with E-state index in [4.69, 9.17) is 11.6 Å². The maximum Gasteiger partial charge on any atom is 0.290 e. The van der Waals surface area contributed by atoms with Crippen molar-refractivity contribution in [3.63, 3.8) is 0 Å². The first-order chi connectivity index (χ1) is 16.8. The molecule has 35 heavy (non-hydrogen) atoms. The molecule has 0 spiro atoms. The van der Waals surface area contributed by atoms with Gasteiger partial charge in [0.05, 0.1) is 22.0 Å². The zero-order valence-electron chi connectivity index (χ0n) is 18.2. The van der Waals surface area contributed by atoms with Crippen molar-refractivity contribution in [2.24, 2.45) is 0 Å². The molecule has 0 aliphatic carbocycles. The van der Waals surface area contributed by atoms with E-state index in [1.165, 1.54) is 30.5 Å². The van der Waals surface area contributed by atoms with Gasteiger partial charge in [-0.15, -0.1) is 0 Å². The van der Waals surface area contributed by atoms with E-state index >= 15 is 0 Å². The number of rotatable bonds is 8. The molecule has 180 valence electrons. The Balaban J connectivity index is 1.66. The third-order valence-corrected chi connectivity index (χ3v) is 5.73. The fourth-order valence-electron chi connectivity index (χ4n) is 3.59. The van der Waals surface area contributed by atoms with E-state index in [-0.39, 0.29) is 22.6 Å². The number of carbonyl (C=O) groups excluding carboxylic acids is 1. The largest absolute Gasteiger partial charge is 0.390 e. The second-order valence-corrected chi connectivity index (χ2v) is 8.21. The van der Waals surface area contributed by atoms with Crippen molar-refractivity contribution in [3.05, 3.63) is 95.0 Å². The molecule has 2 heterocycles. The number of aliphatic hydroxyl groups is 1. The molecule has 0 aliphatic heterocycles. The molecule has 3 N–H and O–H groups in total. The Bertz CT molecular complexity index is 1310. The van der Waals surface area contributed by atoms with Gasteiger partial charge in [-0.3, -0.25) is 14.9 Å². The molecule has 0 saturated carbocycles. The molecular weight excluding hydrogens is 481 g/mol. The van der Waals surface area contributed by atoms with Crippen LogP contribution in [0.3, 0.4) is 0 Å². The van der Waals surface area contributed by atoms with Crippen molar-refractivity contribution in [1.29, 1.82) is 0 Å². The summed E-state index contributed by atoms with van der Waals surface area (Å²) in [4.78, 5) is 17.2. The van der Waals surface area contributed by atoms with E-state index in [2.05, 4.69) is 20.5 Å². The number of hydrogen-bond acceptors (Lipinski definition) is 4. The molecule has 1 amide bonds. The van der Waals surface area contributed by atoms with Crippen LogP contribution in [0.15, 0.2) is 72.9 Å². The van der Waals surface area contributed by atoms with Crippen LogP contribution >= 0.6 is 11.6 Å². The molecule has 4 rings (SSSR count). The number of alkyl halides is 2. The number of H-pyrrole nitrogens is 1. The topological polar surface area (TPSA) is 90.9 Å². The van der Waals surface area contributed by atoms with Crippen molar-refractivity contribution in [2.45, 2.75) is 18.4 Å². The smallest absolute Gasteiger partial charge is 0.290 e. The fourth-order valence-corrected chi connectivity index (χ4v) is 3.86. The number of pyridine rings is 1. The summed E-state index contributed by atoms with van der Waals surface area (Å²) >= 11 is 6.39. The summed E-state index contributed by atoms with van der Waals surface area (Å²) in [7, 11) is 0. The van der Waals surface area contributed by atoms with Gasteiger partial charge in [0.25, 0.3) is 11.8 Å². The lowest BCUT2D eigenvalue weighted by Crippen LogP contribution is -2.51. The third kappa shape index (κ3) is 5.52. The van der Waals surface area contributed by atoms with E-state index in [0.29, 0.717) is 22.6 Å². The van der Waals surface area contributed by atoms with Gasteiger partial charge in [0.15, 0.2) is 0 Å². The lowest BCUT2D eigenvalue weighted by atomic mass is 10.00. The molecule has 0 bridgehead atoms. The predicted molar refractivity (Wildman–Crippen MR) is 126 cm³/mol. The van der Waals surface area contributed by atoms with Gasteiger partial charge >= 0.3 is 0 Å². The van der Waals surface area contributed by atoms with Crippen molar-refractivity contribution in [3.8, 4) is 22.5 Å². The Morgan fingerprint density at radius 2 is 1.89 bits per heavy atom. The first-order valence-electron chi connectivity index (χ1n) is 10.6. The van der Waals surface area contributed by atoms with E-state index in [9.17, 15) is 23.1 Å². The molecule has 4 aromatic rings.